The maximum Gasteiger partial charge on any atom is 0.387 e. The van der Waals surface area contributed by atoms with Crippen LogP contribution in [0.4, 0.5) is 14.5 Å². The zero-order valence-corrected chi connectivity index (χ0v) is 19.7. The van der Waals surface area contributed by atoms with Gasteiger partial charge in [0.05, 0.1) is 17.1 Å². The Labute approximate surface area is 205 Å². The van der Waals surface area contributed by atoms with Crippen molar-refractivity contribution in [2.24, 2.45) is 0 Å². The van der Waals surface area contributed by atoms with Gasteiger partial charge in [-0.2, -0.15) is 8.78 Å². The van der Waals surface area contributed by atoms with Gasteiger partial charge in [0, 0.05) is 17.5 Å². The van der Waals surface area contributed by atoms with Crippen LogP contribution in [0.3, 0.4) is 0 Å². The lowest BCUT2D eigenvalue weighted by Gasteiger charge is -2.35. The van der Waals surface area contributed by atoms with Crippen LogP contribution in [-0.2, 0) is 14.8 Å². The van der Waals surface area contributed by atoms with Crippen molar-refractivity contribution in [2.75, 3.05) is 10.8 Å². The van der Waals surface area contributed by atoms with Gasteiger partial charge in [0.2, 0.25) is 0 Å². The molecule has 3 aromatic carbocycles. The number of hydrogen-bond acceptors (Lipinski definition) is 5. The topological polar surface area (TPSA) is 93.1 Å². The molecule has 11 heteroatoms. The molecule has 3 aromatic rings. The van der Waals surface area contributed by atoms with Gasteiger partial charge in [0.15, 0.2) is 0 Å². The summed E-state index contributed by atoms with van der Waals surface area (Å²) in [4.78, 5) is 10.8. The minimum atomic E-state index is -4.26. The number of carboxylic acids is 1. The number of halogens is 3. The molecule has 0 saturated heterocycles. The number of anilines is 1. The highest BCUT2D eigenvalue weighted by atomic mass is 35.5. The molecule has 0 saturated carbocycles. The number of benzene rings is 3. The number of carboxylic acid groups (broad SMARTS) is 1. The van der Waals surface area contributed by atoms with E-state index in [9.17, 15) is 22.0 Å². The molecule has 0 bridgehead atoms. The molecule has 0 radical (unpaired) electrons. The van der Waals surface area contributed by atoms with E-state index in [1.54, 1.807) is 36.4 Å². The van der Waals surface area contributed by atoms with Crippen molar-refractivity contribution in [3.8, 4) is 22.6 Å². The molecule has 0 aromatic heterocycles. The number of nitrogens with zero attached hydrogens (tertiary/aromatic N) is 1. The predicted molar refractivity (Wildman–Crippen MR) is 126 cm³/mol. The molecule has 0 unspecified atom stereocenters. The molecule has 1 aliphatic rings. The monoisotopic (exact) mass is 523 g/mol. The molecule has 7 nitrogen and oxygen atoms in total. The average molecular weight is 524 g/mol. The Kier molecular flexibility index (Phi) is 7.13. The van der Waals surface area contributed by atoms with Crippen molar-refractivity contribution >= 4 is 33.3 Å². The van der Waals surface area contributed by atoms with E-state index < -0.39 is 28.7 Å². The fourth-order valence-electron chi connectivity index (χ4n) is 3.76. The minimum Gasteiger partial charge on any atom is -0.486 e. The van der Waals surface area contributed by atoms with Gasteiger partial charge in [0.25, 0.3) is 10.0 Å². The molecular weight excluding hydrogens is 504 g/mol. The fraction of sp³-hybridized carbons (Fsp3) is 0.208. The molecule has 4 rings (SSSR count). The Morgan fingerprint density at radius 3 is 2.57 bits per heavy atom. The largest absolute Gasteiger partial charge is 0.486 e. The fourth-order valence-corrected chi connectivity index (χ4v) is 5.48. The Balaban J connectivity index is 1.78. The van der Waals surface area contributed by atoms with Crippen molar-refractivity contribution < 1.29 is 36.6 Å². The summed E-state index contributed by atoms with van der Waals surface area (Å²) in [6, 6.07) is 16.8. The summed E-state index contributed by atoms with van der Waals surface area (Å²) >= 11 is 6.11. The number of fused-ring (bicyclic) bond motifs is 1. The summed E-state index contributed by atoms with van der Waals surface area (Å²) in [6.07, 6.45) is -0.872. The Morgan fingerprint density at radius 1 is 1.11 bits per heavy atom. The van der Waals surface area contributed by atoms with Crippen LogP contribution in [0.15, 0.2) is 71.6 Å². The van der Waals surface area contributed by atoms with Gasteiger partial charge in [-0.3, -0.25) is 9.10 Å². The summed E-state index contributed by atoms with van der Waals surface area (Å²) in [5, 5.41) is 9.56. The summed E-state index contributed by atoms with van der Waals surface area (Å²) in [5.41, 5.74) is 1.65. The lowest BCUT2D eigenvalue weighted by Crippen LogP contribution is -2.43. The van der Waals surface area contributed by atoms with E-state index in [0.717, 1.165) is 15.9 Å². The Hall–Kier alpha value is -3.37. The zero-order chi connectivity index (χ0) is 25.2. The predicted octanol–water partition coefficient (Wildman–Crippen LogP) is 5.43. The number of carbonyl (C=O) groups is 1. The SMILES string of the molecule is O=C(O)CC[C@H]1CN(S(=O)(=O)c2cccc(OC(F)F)c2)c2cc(-c3cccc(Cl)c3)ccc2O1. The van der Waals surface area contributed by atoms with Crippen molar-refractivity contribution in [1.82, 2.24) is 0 Å². The molecule has 0 aliphatic carbocycles. The van der Waals surface area contributed by atoms with E-state index in [1.807, 2.05) is 6.07 Å². The lowest BCUT2D eigenvalue weighted by molar-refractivity contribution is -0.137. The van der Waals surface area contributed by atoms with Crippen LogP contribution in [0.5, 0.6) is 11.5 Å². The molecule has 1 N–H and O–H groups in total. The molecule has 1 heterocycles. The number of ether oxygens (including phenoxy) is 2. The molecular formula is C24H20ClF2NO6S. The average Bonchev–Trinajstić information content (AvgIpc) is 2.81. The maximum atomic E-state index is 13.7. The number of hydrogen-bond donors (Lipinski definition) is 1. The number of aliphatic carboxylic acids is 1. The van der Waals surface area contributed by atoms with Gasteiger partial charge >= 0.3 is 12.6 Å². The second-order valence-corrected chi connectivity index (χ2v) is 10.1. The van der Waals surface area contributed by atoms with Crippen molar-refractivity contribution in [2.45, 2.75) is 30.5 Å². The van der Waals surface area contributed by atoms with E-state index in [4.69, 9.17) is 21.4 Å². The van der Waals surface area contributed by atoms with Crippen molar-refractivity contribution in [3.05, 3.63) is 71.8 Å². The highest BCUT2D eigenvalue weighted by molar-refractivity contribution is 7.92. The van der Waals surface area contributed by atoms with Crippen LogP contribution in [-0.4, -0.2) is 38.8 Å². The van der Waals surface area contributed by atoms with Crippen LogP contribution >= 0.6 is 11.6 Å². The second kappa shape index (κ2) is 10.1. The van der Waals surface area contributed by atoms with Crippen LogP contribution in [0.25, 0.3) is 11.1 Å². The lowest BCUT2D eigenvalue weighted by atomic mass is 10.0. The molecule has 0 fully saturated rings. The molecule has 0 spiro atoms. The third kappa shape index (κ3) is 5.66. The third-order valence-electron chi connectivity index (χ3n) is 5.35. The Morgan fingerprint density at radius 2 is 1.86 bits per heavy atom. The molecule has 1 atom stereocenters. The highest BCUT2D eigenvalue weighted by Gasteiger charge is 2.35. The summed E-state index contributed by atoms with van der Waals surface area (Å²) in [6.45, 7) is -3.28. The number of alkyl halides is 2. The van der Waals surface area contributed by atoms with Gasteiger partial charge in [-0.15, -0.1) is 0 Å². The first-order valence-electron chi connectivity index (χ1n) is 10.5. The van der Waals surface area contributed by atoms with E-state index in [-0.39, 0.29) is 41.5 Å². The summed E-state index contributed by atoms with van der Waals surface area (Å²) < 4.78 is 64.1. The standard InChI is InChI=1S/C24H20ClF2NO6S/c25-17-4-1-3-15(11-17)16-7-9-22-21(12-16)28(14-19(33-22)8-10-23(29)30)35(31,32)20-6-2-5-18(13-20)34-24(26)27/h1-7,9,11-13,19,24H,8,10,14H2,(H,29,30)/t19-/m0/s1. The quantitative estimate of drug-likeness (QED) is 0.423. The smallest absolute Gasteiger partial charge is 0.387 e. The van der Waals surface area contributed by atoms with Gasteiger partial charge < -0.3 is 14.6 Å². The second-order valence-electron chi connectivity index (χ2n) is 7.75. The van der Waals surface area contributed by atoms with Crippen molar-refractivity contribution in [3.63, 3.8) is 0 Å². The molecule has 1 aliphatic heterocycles. The van der Waals surface area contributed by atoms with Crippen LogP contribution < -0.4 is 13.8 Å². The van der Waals surface area contributed by atoms with Crippen molar-refractivity contribution in [1.29, 1.82) is 0 Å². The zero-order valence-electron chi connectivity index (χ0n) is 18.1. The first-order chi connectivity index (χ1) is 16.6. The molecule has 35 heavy (non-hydrogen) atoms. The number of sulfonamides is 1. The van der Waals surface area contributed by atoms with Crippen LogP contribution in [0.2, 0.25) is 5.02 Å². The first-order valence-corrected chi connectivity index (χ1v) is 12.3. The maximum absolute atomic E-state index is 13.7. The van der Waals surface area contributed by atoms with E-state index in [0.29, 0.717) is 10.6 Å². The Bertz CT molecular complexity index is 1350. The van der Waals surface area contributed by atoms with Gasteiger partial charge in [0.1, 0.15) is 17.6 Å². The normalized spacial score (nSPS) is 15.4. The van der Waals surface area contributed by atoms with E-state index >= 15 is 0 Å². The molecule has 0 amide bonds. The van der Waals surface area contributed by atoms with E-state index in [2.05, 4.69) is 4.74 Å². The van der Waals surface area contributed by atoms with E-state index in [1.165, 1.54) is 18.2 Å². The molecule has 184 valence electrons. The summed E-state index contributed by atoms with van der Waals surface area (Å²) in [7, 11) is -4.26. The van der Waals surface area contributed by atoms with Gasteiger partial charge in [-0.25, -0.2) is 8.42 Å². The third-order valence-corrected chi connectivity index (χ3v) is 7.36. The first kappa shape index (κ1) is 24.7. The highest BCUT2D eigenvalue weighted by Crippen LogP contribution is 2.41. The van der Waals surface area contributed by atoms with Crippen LogP contribution in [0.1, 0.15) is 12.8 Å². The van der Waals surface area contributed by atoms with Crippen LogP contribution in [0, 0.1) is 0 Å². The number of rotatable bonds is 8. The van der Waals surface area contributed by atoms with Gasteiger partial charge in [-0.05, 0) is 53.9 Å². The minimum absolute atomic E-state index is 0.0748. The van der Waals surface area contributed by atoms with Gasteiger partial charge in [-0.1, -0.05) is 35.9 Å². The summed E-state index contributed by atoms with van der Waals surface area (Å²) in [5.74, 6) is -1.09.